The average Bonchev–Trinajstić information content (AvgIpc) is 2.43. The first-order valence-electron chi connectivity index (χ1n) is 5.27. The molecule has 2 aromatic rings. The molecular formula is C13H8ClN5. The molecule has 92 valence electrons. The Hall–Kier alpha value is -2.76. The van der Waals surface area contributed by atoms with Crippen LogP contribution >= 0.6 is 11.6 Å². The zero-order valence-electron chi connectivity index (χ0n) is 9.68. The van der Waals surface area contributed by atoms with E-state index in [4.69, 9.17) is 27.9 Å². The molecule has 3 N–H and O–H groups in total. The number of aromatic nitrogens is 1. The molecule has 1 heterocycles. The van der Waals surface area contributed by atoms with E-state index >= 15 is 0 Å². The summed E-state index contributed by atoms with van der Waals surface area (Å²) in [7, 11) is 0. The van der Waals surface area contributed by atoms with E-state index in [0.29, 0.717) is 27.7 Å². The summed E-state index contributed by atoms with van der Waals surface area (Å²) in [6, 6.07) is 10.3. The summed E-state index contributed by atoms with van der Waals surface area (Å²) in [5, 5.41) is 21.1. The van der Waals surface area contributed by atoms with E-state index < -0.39 is 0 Å². The fourth-order valence-corrected chi connectivity index (χ4v) is 1.65. The number of hydrogen-bond donors (Lipinski definition) is 2. The summed E-state index contributed by atoms with van der Waals surface area (Å²) >= 11 is 6.02. The van der Waals surface area contributed by atoms with Crippen molar-refractivity contribution in [3.63, 3.8) is 0 Å². The highest BCUT2D eigenvalue weighted by molar-refractivity contribution is 6.33. The van der Waals surface area contributed by atoms with Crippen LogP contribution in [0.15, 0.2) is 30.5 Å². The number of benzene rings is 1. The minimum atomic E-state index is 0.239. The maximum atomic E-state index is 8.89. The fourth-order valence-electron chi connectivity index (χ4n) is 1.49. The van der Waals surface area contributed by atoms with Gasteiger partial charge < -0.3 is 11.1 Å². The number of nitrogen functional groups attached to an aromatic ring is 1. The highest BCUT2D eigenvalue weighted by Gasteiger charge is 2.08. The van der Waals surface area contributed by atoms with Crippen LogP contribution in [0.4, 0.5) is 17.2 Å². The van der Waals surface area contributed by atoms with Crippen LogP contribution in [-0.4, -0.2) is 4.98 Å². The Labute approximate surface area is 114 Å². The topological polar surface area (TPSA) is 98.5 Å². The SMILES string of the molecule is N#Cc1ccc(Cl)c(Nc2nccc(C#N)c2N)c1. The Morgan fingerprint density at radius 1 is 1.21 bits per heavy atom. The van der Waals surface area contributed by atoms with Gasteiger partial charge in [0.15, 0.2) is 5.82 Å². The molecule has 1 aromatic carbocycles. The van der Waals surface area contributed by atoms with E-state index in [1.54, 1.807) is 18.2 Å². The van der Waals surface area contributed by atoms with Crippen molar-refractivity contribution in [3.05, 3.63) is 46.6 Å². The number of nitrogens with one attached hydrogen (secondary N) is 1. The molecule has 0 aliphatic carbocycles. The summed E-state index contributed by atoms with van der Waals surface area (Å²) in [6.45, 7) is 0. The summed E-state index contributed by atoms with van der Waals surface area (Å²) < 4.78 is 0. The van der Waals surface area contributed by atoms with Crippen molar-refractivity contribution < 1.29 is 0 Å². The first kappa shape index (κ1) is 12.7. The molecule has 0 bridgehead atoms. The third-order valence-electron chi connectivity index (χ3n) is 2.46. The highest BCUT2D eigenvalue weighted by atomic mass is 35.5. The van der Waals surface area contributed by atoms with Gasteiger partial charge in [-0.05, 0) is 24.3 Å². The zero-order valence-corrected chi connectivity index (χ0v) is 10.4. The summed E-state index contributed by atoms with van der Waals surface area (Å²) in [5.74, 6) is 0.330. The van der Waals surface area contributed by atoms with Crippen LogP contribution in [0.25, 0.3) is 0 Å². The van der Waals surface area contributed by atoms with Gasteiger partial charge in [0.25, 0.3) is 0 Å². The molecule has 0 saturated carbocycles. The molecule has 0 spiro atoms. The lowest BCUT2D eigenvalue weighted by atomic mass is 10.2. The molecule has 0 radical (unpaired) electrons. The first-order chi connectivity index (χ1) is 9.15. The number of hydrogen-bond acceptors (Lipinski definition) is 5. The van der Waals surface area contributed by atoms with Gasteiger partial charge in [0.2, 0.25) is 0 Å². The number of nitrogens with two attached hydrogens (primary N) is 1. The van der Waals surface area contributed by atoms with Crippen LogP contribution < -0.4 is 11.1 Å². The highest BCUT2D eigenvalue weighted by Crippen LogP contribution is 2.29. The largest absolute Gasteiger partial charge is 0.395 e. The molecule has 0 amide bonds. The molecule has 0 atom stereocenters. The molecule has 5 nitrogen and oxygen atoms in total. The first-order valence-corrected chi connectivity index (χ1v) is 5.64. The van der Waals surface area contributed by atoms with Gasteiger partial charge >= 0.3 is 0 Å². The molecule has 2 rings (SSSR count). The quantitative estimate of drug-likeness (QED) is 0.873. The lowest BCUT2D eigenvalue weighted by Gasteiger charge is -2.10. The van der Waals surface area contributed by atoms with Gasteiger partial charge in [0.05, 0.1) is 33.6 Å². The minimum Gasteiger partial charge on any atom is -0.395 e. The van der Waals surface area contributed by atoms with E-state index in [1.807, 2.05) is 12.1 Å². The number of anilines is 3. The van der Waals surface area contributed by atoms with Crippen LogP contribution in [-0.2, 0) is 0 Å². The zero-order chi connectivity index (χ0) is 13.8. The molecular weight excluding hydrogens is 262 g/mol. The van der Waals surface area contributed by atoms with Crippen molar-refractivity contribution in [2.75, 3.05) is 11.1 Å². The minimum absolute atomic E-state index is 0.239. The third kappa shape index (κ3) is 2.57. The molecule has 0 fully saturated rings. The molecule has 0 saturated heterocycles. The molecule has 0 aliphatic heterocycles. The number of halogens is 1. The number of rotatable bonds is 2. The number of nitriles is 2. The van der Waals surface area contributed by atoms with Crippen LogP contribution in [0, 0.1) is 22.7 Å². The number of pyridine rings is 1. The van der Waals surface area contributed by atoms with Gasteiger partial charge in [-0.3, -0.25) is 0 Å². The van der Waals surface area contributed by atoms with Gasteiger partial charge in [-0.25, -0.2) is 4.98 Å². The van der Waals surface area contributed by atoms with Gasteiger partial charge in [-0.2, -0.15) is 10.5 Å². The normalized spacial score (nSPS) is 9.42. The second kappa shape index (κ2) is 5.26. The van der Waals surface area contributed by atoms with Crippen LogP contribution in [0.2, 0.25) is 5.02 Å². The molecule has 0 unspecified atom stereocenters. The van der Waals surface area contributed by atoms with E-state index in [9.17, 15) is 0 Å². The monoisotopic (exact) mass is 269 g/mol. The van der Waals surface area contributed by atoms with Crippen molar-refractivity contribution in [1.29, 1.82) is 10.5 Å². The predicted molar refractivity (Wildman–Crippen MR) is 72.8 cm³/mol. The van der Waals surface area contributed by atoms with Crippen LogP contribution in [0.5, 0.6) is 0 Å². The smallest absolute Gasteiger partial charge is 0.154 e. The Balaban J connectivity index is 2.43. The van der Waals surface area contributed by atoms with Crippen LogP contribution in [0.1, 0.15) is 11.1 Å². The molecule has 1 aromatic heterocycles. The standard InChI is InChI=1S/C13H8ClN5/c14-10-2-1-8(6-15)5-11(10)19-13-12(17)9(7-16)3-4-18-13/h1-5H,17H2,(H,18,19). The molecule has 0 aliphatic rings. The Kier molecular flexibility index (Phi) is 3.51. The maximum Gasteiger partial charge on any atom is 0.154 e. The van der Waals surface area contributed by atoms with Gasteiger partial charge in [-0.1, -0.05) is 11.6 Å². The molecule has 19 heavy (non-hydrogen) atoms. The van der Waals surface area contributed by atoms with E-state index in [2.05, 4.69) is 10.3 Å². The van der Waals surface area contributed by atoms with Gasteiger partial charge in [0, 0.05) is 6.20 Å². The maximum absolute atomic E-state index is 8.89. The van der Waals surface area contributed by atoms with Crippen molar-refractivity contribution in [2.24, 2.45) is 0 Å². The third-order valence-corrected chi connectivity index (χ3v) is 2.79. The van der Waals surface area contributed by atoms with Gasteiger partial charge in [0.1, 0.15) is 6.07 Å². The fraction of sp³-hybridized carbons (Fsp3) is 0. The Bertz CT molecular complexity index is 712. The van der Waals surface area contributed by atoms with Crippen molar-refractivity contribution in [1.82, 2.24) is 4.98 Å². The average molecular weight is 270 g/mol. The van der Waals surface area contributed by atoms with Crippen molar-refractivity contribution >= 4 is 28.8 Å². The second-order valence-corrected chi connectivity index (χ2v) is 4.07. The van der Waals surface area contributed by atoms with E-state index in [0.717, 1.165) is 0 Å². The van der Waals surface area contributed by atoms with Crippen molar-refractivity contribution in [2.45, 2.75) is 0 Å². The van der Waals surface area contributed by atoms with Gasteiger partial charge in [-0.15, -0.1) is 0 Å². The Morgan fingerprint density at radius 2 is 2.00 bits per heavy atom. The summed E-state index contributed by atoms with van der Waals surface area (Å²) in [6.07, 6.45) is 1.47. The summed E-state index contributed by atoms with van der Waals surface area (Å²) in [5.41, 5.74) is 7.34. The second-order valence-electron chi connectivity index (χ2n) is 3.66. The lowest BCUT2D eigenvalue weighted by Crippen LogP contribution is -2.01. The van der Waals surface area contributed by atoms with E-state index in [-0.39, 0.29) is 5.69 Å². The van der Waals surface area contributed by atoms with Crippen LogP contribution in [0.3, 0.4) is 0 Å². The number of nitrogens with zero attached hydrogens (tertiary/aromatic N) is 3. The van der Waals surface area contributed by atoms with E-state index in [1.165, 1.54) is 12.3 Å². The molecule has 6 heteroatoms. The Morgan fingerprint density at radius 3 is 2.68 bits per heavy atom. The summed E-state index contributed by atoms with van der Waals surface area (Å²) in [4.78, 5) is 4.05. The lowest BCUT2D eigenvalue weighted by molar-refractivity contribution is 1.30. The predicted octanol–water partition coefficient (Wildman–Crippen LogP) is 2.80. The van der Waals surface area contributed by atoms with Crippen molar-refractivity contribution in [3.8, 4) is 12.1 Å².